The van der Waals surface area contributed by atoms with Gasteiger partial charge in [-0.3, -0.25) is 4.79 Å². The zero-order valence-electron chi connectivity index (χ0n) is 7.84. The SMILES string of the molecule is Cc1cc(=O)cnn1-c1ccccc1. The van der Waals surface area contributed by atoms with E-state index in [4.69, 9.17) is 0 Å². The summed E-state index contributed by atoms with van der Waals surface area (Å²) in [6.45, 7) is 1.86. The van der Waals surface area contributed by atoms with E-state index in [0.29, 0.717) is 0 Å². The Hall–Kier alpha value is -1.90. The number of rotatable bonds is 1. The molecule has 2 aromatic rings. The highest BCUT2D eigenvalue weighted by Crippen LogP contribution is 2.05. The summed E-state index contributed by atoms with van der Waals surface area (Å²) >= 11 is 0. The minimum Gasteiger partial charge on any atom is -0.288 e. The number of aromatic nitrogens is 2. The average molecular weight is 186 g/mol. The summed E-state index contributed by atoms with van der Waals surface area (Å²) in [6.07, 6.45) is 1.32. The van der Waals surface area contributed by atoms with Gasteiger partial charge in [0.05, 0.1) is 11.9 Å². The largest absolute Gasteiger partial charge is 0.288 e. The van der Waals surface area contributed by atoms with Gasteiger partial charge in [-0.15, -0.1) is 0 Å². The van der Waals surface area contributed by atoms with Crippen LogP contribution in [0.2, 0.25) is 0 Å². The molecule has 0 amide bonds. The first-order chi connectivity index (χ1) is 6.77. The van der Waals surface area contributed by atoms with E-state index in [1.54, 1.807) is 10.7 Å². The van der Waals surface area contributed by atoms with Crippen LogP contribution < -0.4 is 5.43 Å². The fourth-order valence-corrected chi connectivity index (χ4v) is 1.35. The summed E-state index contributed by atoms with van der Waals surface area (Å²) in [4.78, 5) is 11.0. The Kier molecular flexibility index (Phi) is 2.14. The van der Waals surface area contributed by atoms with E-state index in [2.05, 4.69) is 5.10 Å². The Morgan fingerprint density at radius 2 is 1.93 bits per heavy atom. The fourth-order valence-electron chi connectivity index (χ4n) is 1.35. The normalized spacial score (nSPS) is 10.1. The molecule has 70 valence electrons. The second kappa shape index (κ2) is 3.46. The molecular weight excluding hydrogens is 176 g/mol. The Morgan fingerprint density at radius 3 is 2.57 bits per heavy atom. The third-order valence-corrected chi connectivity index (χ3v) is 1.99. The molecule has 0 saturated heterocycles. The maximum atomic E-state index is 11.0. The standard InChI is InChI=1S/C11H10N2O/c1-9-7-11(14)8-12-13(9)10-5-3-2-4-6-10/h2-8H,1H3. The van der Waals surface area contributed by atoms with E-state index in [-0.39, 0.29) is 5.43 Å². The molecule has 3 heteroatoms. The molecule has 0 spiro atoms. The van der Waals surface area contributed by atoms with Crippen molar-refractivity contribution in [1.29, 1.82) is 0 Å². The first-order valence-electron chi connectivity index (χ1n) is 4.39. The van der Waals surface area contributed by atoms with Crippen molar-refractivity contribution in [2.75, 3.05) is 0 Å². The Balaban J connectivity index is 2.58. The van der Waals surface area contributed by atoms with Crippen LogP contribution >= 0.6 is 0 Å². The van der Waals surface area contributed by atoms with E-state index < -0.39 is 0 Å². The van der Waals surface area contributed by atoms with Crippen molar-refractivity contribution in [3.8, 4) is 5.69 Å². The minimum absolute atomic E-state index is 0.0605. The van der Waals surface area contributed by atoms with E-state index in [0.717, 1.165) is 11.4 Å². The van der Waals surface area contributed by atoms with Gasteiger partial charge in [0.25, 0.3) is 0 Å². The summed E-state index contributed by atoms with van der Waals surface area (Å²) < 4.78 is 1.74. The molecule has 0 aliphatic carbocycles. The quantitative estimate of drug-likeness (QED) is 0.677. The molecule has 0 fully saturated rings. The predicted octanol–water partition coefficient (Wildman–Crippen LogP) is 1.54. The first-order valence-corrected chi connectivity index (χ1v) is 4.39. The van der Waals surface area contributed by atoms with E-state index in [9.17, 15) is 4.79 Å². The highest BCUT2D eigenvalue weighted by Gasteiger charge is 1.98. The van der Waals surface area contributed by atoms with Crippen molar-refractivity contribution in [1.82, 2.24) is 9.78 Å². The van der Waals surface area contributed by atoms with Crippen LogP contribution in [0.15, 0.2) is 47.4 Å². The topological polar surface area (TPSA) is 34.9 Å². The Morgan fingerprint density at radius 1 is 1.21 bits per heavy atom. The van der Waals surface area contributed by atoms with Crippen LogP contribution in [0.25, 0.3) is 5.69 Å². The molecule has 3 nitrogen and oxygen atoms in total. The Labute approximate surface area is 81.6 Å². The van der Waals surface area contributed by atoms with Crippen LogP contribution in [0.1, 0.15) is 5.69 Å². The predicted molar refractivity (Wildman–Crippen MR) is 54.6 cm³/mol. The van der Waals surface area contributed by atoms with Crippen molar-refractivity contribution in [2.24, 2.45) is 0 Å². The van der Waals surface area contributed by atoms with Crippen molar-refractivity contribution >= 4 is 0 Å². The van der Waals surface area contributed by atoms with Crippen LogP contribution in [0.5, 0.6) is 0 Å². The summed E-state index contributed by atoms with van der Waals surface area (Å²) in [5.74, 6) is 0. The van der Waals surface area contributed by atoms with Crippen LogP contribution in [0.4, 0.5) is 0 Å². The molecule has 0 aliphatic rings. The van der Waals surface area contributed by atoms with Crippen LogP contribution in [-0.4, -0.2) is 9.78 Å². The van der Waals surface area contributed by atoms with Crippen molar-refractivity contribution in [3.05, 3.63) is 58.5 Å². The average Bonchev–Trinajstić information content (AvgIpc) is 2.19. The number of hydrogen-bond donors (Lipinski definition) is 0. The summed E-state index contributed by atoms with van der Waals surface area (Å²) in [7, 11) is 0. The molecule has 1 heterocycles. The number of para-hydroxylation sites is 1. The van der Waals surface area contributed by atoms with Gasteiger partial charge in [0.15, 0.2) is 5.43 Å². The fraction of sp³-hybridized carbons (Fsp3) is 0.0909. The third kappa shape index (κ3) is 1.57. The number of nitrogens with zero attached hydrogens (tertiary/aromatic N) is 2. The second-order valence-corrected chi connectivity index (χ2v) is 3.08. The van der Waals surface area contributed by atoms with Gasteiger partial charge in [0.1, 0.15) is 0 Å². The first kappa shape index (κ1) is 8.69. The second-order valence-electron chi connectivity index (χ2n) is 3.08. The molecule has 0 aliphatic heterocycles. The van der Waals surface area contributed by atoms with Gasteiger partial charge in [-0.1, -0.05) is 18.2 Å². The lowest BCUT2D eigenvalue weighted by Crippen LogP contribution is -2.11. The van der Waals surface area contributed by atoms with Crippen molar-refractivity contribution < 1.29 is 0 Å². The molecule has 0 saturated carbocycles. The van der Waals surface area contributed by atoms with Gasteiger partial charge in [-0.25, -0.2) is 4.68 Å². The van der Waals surface area contributed by atoms with Crippen LogP contribution in [-0.2, 0) is 0 Å². The molecule has 0 atom stereocenters. The lowest BCUT2D eigenvalue weighted by molar-refractivity contribution is 0.799. The molecule has 14 heavy (non-hydrogen) atoms. The van der Waals surface area contributed by atoms with Gasteiger partial charge < -0.3 is 0 Å². The maximum absolute atomic E-state index is 11.0. The summed E-state index contributed by atoms with van der Waals surface area (Å²) in [6, 6.07) is 11.3. The molecule has 1 aromatic heterocycles. The zero-order chi connectivity index (χ0) is 9.97. The highest BCUT2D eigenvalue weighted by atomic mass is 16.1. The van der Waals surface area contributed by atoms with Gasteiger partial charge in [-0.05, 0) is 19.1 Å². The molecular formula is C11H10N2O. The number of aryl methyl sites for hydroxylation is 1. The van der Waals surface area contributed by atoms with Gasteiger partial charge >= 0.3 is 0 Å². The Bertz CT molecular complexity index is 488. The third-order valence-electron chi connectivity index (χ3n) is 1.99. The monoisotopic (exact) mass is 186 g/mol. The molecule has 2 rings (SSSR count). The smallest absolute Gasteiger partial charge is 0.200 e. The summed E-state index contributed by atoms with van der Waals surface area (Å²) in [5, 5.41) is 4.05. The van der Waals surface area contributed by atoms with Crippen molar-refractivity contribution in [3.63, 3.8) is 0 Å². The number of hydrogen-bond acceptors (Lipinski definition) is 2. The van der Waals surface area contributed by atoms with E-state index >= 15 is 0 Å². The van der Waals surface area contributed by atoms with Crippen LogP contribution in [0, 0.1) is 6.92 Å². The molecule has 0 radical (unpaired) electrons. The zero-order valence-corrected chi connectivity index (χ0v) is 7.84. The number of benzene rings is 1. The summed E-state index contributed by atoms with van der Waals surface area (Å²) in [5.41, 5.74) is 1.74. The maximum Gasteiger partial charge on any atom is 0.200 e. The molecule has 0 bridgehead atoms. The minimum atomic E-state index is -0.0605. The van der Waals surface area contributed by atoms with Crippen molar-refractivity contribution in [2.45, 2.75) is 6.92 Å². The van der Waals surface area contributed by atoms with Gasteiger partial charge in [-0.2, -0.15) is 5.10 Å². The van der Waals surface area contributed by atoms with E-state index in [1.165, 1.54) is 6.20 Å². The highest BCUT2D eigenvalue weighted by molar-refractivity contribution is 5.31. The lowest BCUT2D eigenvalue weighted by atomic mass is 10.3. The van der Waals surface area contributed by atoms with Gasteiger partial charge in [0, 0.05) is 11.8 Å². The molecule has 1 aromatic carbocycles. The van der Waals surface area contributed by atoms with Crippen LogP contribution in [0.3, 0.4) is 0 Å². The van der Waals surface area contributed by atoms with Gasteiger partial charge in [0.2, 0.25) is 0 Å². The van der Waals surface area contributed by atoms with E-state index in [1.807, 2.05) is 37.3 Å². The lowest BCUT2D eigenvalue weighted by Gasteiger charge is -2.07. The molecule has 0 N–H and O–H groups in total. The molecule has 0 unspecified atom stereocenters.